The smallest absolute Gasteiger partial charge is 0.0455 e. The molecular weight excluding hydrogens is 278 g/mol. The van der Waals surface area contributed by atoms with Crippen LogP contribution >= 0.6 is 11.6 Å². The molecule has 0 aliphatic heterocycles. The zero-order valence-corrected chi connectivity index (χ0v) is 14.0. The first-order valence-corrected chi connectivity index (χ1v) is 7.84. The molecule has 0 bridgehead atoms. The maximum absolute atomic E-state index is 6.19. The van der Waals surface area contributed by atoms with Crippen LogP contribution in [0.25, 0.3) is 0 Å². The lowest BCUT2D eigenvalue weighted by molar-refractivity contribution is 0.450. The van der Waals surface area contributed by atoms with E-state index in [4.69, 9.17) is 11.6 Å². The Morgan fingerprint density at radius 3 is 2.38 bits per heavy atom. The first-order chi connectivity index (χ1) is 9.88. The number of aryl methyl sites for hydroxylation is 1. The molecule has 2 rings (SSSR count). The van der Waals surface area contributed by atoms with Crippen LogP contribution in [0, 0.1) is 6.92 Å². The molecule has 0 saturated heterocycles. The first-order valence-electron chi connectivity index (χ1n) is 7.47. The molecule has 2 aromatic carbocycles. The summed E-state index contributed by atoms with van der Waals surface area (Å²) in [5, 5.41) is 4.37. The van der Waals surface area contributed by atoms with E-state index in [0.29, 0.717) is 6.04 Å². The molecule has 2 aromatic rings. The third-order valence-electron chi connectivity index (χ3n) is 3.96. The summed E-state index contributed by atoms with van der Waals surface area (Å²) in [6, 6.07) is 17.2. The second kappa shape index (κ2) is 6.53. The maximum Gasteiger partial charge on any atom is 0.0455 e. The average molecular weight is 302 g/mol. The van der Waals surface area contributed by atoms with Gasteiger partial charge in [0, 0.05) is 16.8 Å². The van der Waals surface area contributed by atoms with Crippen molar-refractivity contribution < 1.29 is 0 Å². The fourth-order valence-corrected chi connectivity index (χ4v) is 2.97. The van der Waals surface area contributed by atoms with E-state index in [-0.39, 0.29) is 5.41 Å². The van der Waals surface area contributed by atoms with Crippen molar-refractivity contribution in [1.29, 1.82) is 0 Å². The van der Waals surface area contributed by atoms with E-state index in [0.717, 1.165) is 22.7 Å². The molecular formula is C19H24ClN. The number of halogens is 1. The summed E-state index contributed by atoms with van der Waals surface area (Å²) < 4.78 is 0. The average Bonchev–Trinajstić information content (AvgIpc) is 2.43. The maximum atomic E-state index is 6.19. The third kappa shape index (κ3) is 4.25. The fourth-order valence-electron chi connectivity index (χ4n) is 2.79. The molecule has 0 heterocycles. The van der Waals surface area contributed by atoms with Crippen LogP contribution in [0.15, 0.2) is 48.5 Å². The van der Waals surface area contributed by atoms with Gasteiger partial charge in [-0.25, -0.2) is 0 Å². The summed E-state index contributed by atoms with van der Waals surface area (Å²) in [5.74, 6) is 0. The van der Waals surface area contributed by atoms with Crippen molar-refractivity contribution in [2.75, 3.05) is 5.32 Å². The van der Waals surface area contributed by atoms with Gasteiger partial charge in [-0.1, -0.05) is 61.8 Å². The van der Waals surface area contributed by atoms with Crippen LogP contribution in [0.3, 0.4) is 0 Å². The summed E-state index contributed by atoms with van der Waals surface area (Å²) in [6.07, 6.45) is 1.06. The molecule has 112 valence electrons. The second-order valence-corrected chi connectivity index (χ2v) is 6.87. The number of rotatable bonds is 5. The van der Waals surface area contributed by atoms with Crippen LogP contribution in [0.5, 0.6) is 0 Å². The molecule has 0 aromatic heterocycles. The van der Waals surface area contributed by atoms with Crippen LogP contribution in [0.2, 0.25) is 5.02 Å². The van der Waals surface area contributed by atoms with Gasteiger partial charge in [0.2, 0.25) is 0 Å². The van der Waals surface area contributed by atoms with Gasteiger partial charge >= 0.3 is 0 Å². The largest absolute Gasteiger partial charge is 0.383 e. The van der Waals surface area contributed by atoms with Gasteiger partial charge in [-0.15, -0.1) is 0 Å². The summed E-state index contributed by atoms with van der Waals surface area (Å²) in [6.45, 7) is 8.83. The SMILES string of the molecule is Cc1ccc(NC(C)CC(C)(C)c2ccccc2)cc1Cl. The van der Waals surface area contributed by atoms with E-state index in [1.807, 2.05) is 13.0 Å². The Kier molecular flexibility index (Phi) is 4.95. The predicted molar refractivity (Wildman–Crippen MR) is 93.4 cm³/mol. The van der Waals surface area contributed by atoms with Crippen LogP contribution < -0.4 is 5.32 Å². The fraction of sp³-hybridized carbons (Fsp3) is 0.368. The van der Waals surface area contributed by atoms with Crippen molar-refractivity contribution in [1.82, 2.24) is 0 Å². The van der Waals surface area contributed by atoms with E-state index in [9.17, 15) is 0 Å². The zero-order chi connectivity index (χ0) is 15.5. The van der Waals surface area contributed by atoms with Gasteiger partial charge in [0.1, 0.15) is 0 Å². The monoisotopic (exact) mass is 301 g/mol. The minimum Gasteiger partial charge on any atom is -0.383 e. The first kappa shape index (κ1) is 15.9. The molecule has 1 unspecified atom stereocenters. The lowest BCUT2D eigenvalue weighted by Crippen LogP contribution is -2.27. The van der Waals surface area contributed by atoms with E-state index >= 15 is 0 Å². The van der Waals surface area contributed by atoms with Crippen LogP contribution in [-0.4, -0.2) is 6.04 Å². The van der Waals surface area contributed by atoms with Gasteiger partial charge < -0.3 is 5.32 Å². The van der Waals surface area contributed by atoms with Crippen molar-refractivity contribution in [2.24, 2.45) is 0 Å². The highest BCUT2D eigenvalue weighted by Gasteiger charge is 2.23. The molecule has 0 saturated carbocycles. The molecule has 1 N–H and O–H groups in total. The van der Waals surface area contributed by atoms with E-state index in [1.165, 1.54) is 5.56 Å². The lowest BCUT2D eigenvalue weighted by atomic mass is 9.79. The molecule has 0 radical (unpaired) electrons. The van der Waals surface area contributed by atoms with Crippen molar-refractivity contribution in [3.8, 4) is 0 Å². The Morgan fingerprint density at radius 1 is 1.10 bits per heavy atom. The Morgan fingerprint density at radius 2 is 1.76 bits per heavy atom. The topological polar surface area (TPSA) is 12.0 Å². The van der Waals surface area contributed by atoms with Crippen molar-refractivity contribution in [2.45, 2.75) is 45.6 Å². The number of hydrogen-bond acceptors (Lipinski definition) is 1. The molecule has 21 heavy (non-hydrogen) atoms. The van der Waals surface area contributed by atoms with Crippen molar-refractivity contribution >= 4 is 17.3 Å². The molecule has 1 nitrogen and oxygen atoms in total. The van der Waals surface area contributed by atoms with Crippen LogP contribution in [0.4, 0.5) is 5.69 Å². The Bertz CT molecular complexity index is 590. The highest BCUT2D eigenvalue weighted by molar-refractivity contribution is 6.31. The highest BCUT2D eigenvalue weighted by atomic mass is 35.5. The molecule has 2 heteroatoms. The zero-order valence-electron chi connectivity index (χ0n) is 13.3. The number of anilines is 1. The Labute approximate surface area is 133 Å². The highest BCUT2D eigenvalue weighted by Crippen LogP contribution is 2.29. The Balaban J connectivity index is 2.04. The van der Waals surface area contributed by atoms with E-state index in [2.05, 4.69) is 68.6 Å². The molecule has 0 spiro atoms. The third-order valence-corrected chi connectivity index (χ3v) is 4.36. The van der Waals surface area contributed by atoms with E-state index < -0.39 is 0 Å². The Hall–Kier alpha value is -1.47. The van der Waals surface area contributed by atoms with Gasteiger partial charge in [-0.2, -0.15) is 0 Å². The number of hydrogen-bond donors (Lipinski definition) is 1. The van der Waals surface area contributed by atoms with Gasteiger partial charge in [-0.3, -0.25) is 0 Å². The predicted octanol–water partition coefficient (Wildman–Crippen LogP) is 5.82. The quantitative estimate of drug-likeness (QED) is 0.734. The van der Waals surface area contributed by atoms with Gasteiger partial charge in [-0.05, 0) is 48.9 Å². The number of nitrogens with one attached hydrogen (secondary N) is 1. The molecule has 1 atom stereocenters. The van der Waals surface area contributed by atoms with Crippen LogP contribution in [0.1, 0.15) is 38.3 Å². The normalized spacial score (nSPS) is 13.0. The van der Waals surface area contributed by atoms with Gasteiger partial charge in [0.05, 0.1) is 0 Å². The van der Waals surface area contributed by atoms with Crippen molar-refractivity contribution in [3.05, 3.63) is 64.7 Å². The minimum absolute atomic E-state index is 0.141. The molecule has 0 aliphatic rings. The molecule has 0 fully saturated rings. The lowest BCUT2D eigenvalue weighted by Gasteiger charge is -2.29. The summed E-state index contributed by atoms with van der Waals surface area (Å²) in [7, 11) is 0. The van der Waals surface area contributed by atoms with Gasteiger partial charge in [0.25, 0.3) is 0 Å². The van der Waals surface area contributed by atoms with Crippen LogP contribution in [-0.2, 0) is 5.41 Å². The minimum atomic E-state index is 0.141. The summed E-state index contributed by atoms with van der Waals surface area (Å²) >= 11 is 6.19. The molecule has 0 aliphatic carbocycles. The van der Waals surface area contributed by atoms with Crippen molar-refractivity contribution in [3.63, 3.8) is 0 Å². The van der Waals surface area contributed by atoms with Gasteiger partial charge in [0.15, 0.2) is 0 Å². The second-order valence-electron chi connectivity index (χ2n) is 6.46. The summed E-state index contributed by atoms with van der Waals surface area (Å²) in [4.78, 5) is 0. The standard InChI is InChI=1S/C19H24ClN/c1-14-10-11-17(12-18(14)20)21-15(2)13-19(3,4)16-8-6-5-7-9-16/h5-12,15,21H,13H2,1-4H3. The summed E-state index contributed by atoms with van der Waals surface area (Å²) in [5.41, 5.74) is 3.71. The van der Waals surface area contributed by atoms with E-state index in [1.54, 1.807) is 0 Å². The molecule has 0 amide bonds. The number of benzene rings is 2.